The van der Waals surface area contributed by atoms with E-state index < -0.39 is 30.9 Å². The molecular formula is C7H9F4NO2. The van der Waals surface area contributed by atoms with Gasteiger partial charge in [0.2, 0.25) is 5.91 Å². The van der Waals surface area contributed by atoms with Crippen LogP contribution in [-0.4, -0.2) is 47.5 Å². The molecule has 1 amide bonds. The third-order valence-electron chi connectivity index (χ3n) is 1.92. The zero-order valence-corrected chi connectivity index (χ0v) is 7.09. The Hall–Kier alpha value is -0.850. The molecule has 1 aliphatic rings. The molecule has 0 bridgehead atoms. The average Bonchev–Trinajstić information content (AvgIpc) is 2.29. The molecule has 1 fully saturated rings. The van der Waals surface area contributed by atoms with E-state index in [1.807, 2.05) is 0 Å². The number of amides is 1. The van der Waals surface area contributed by atoms with Crippen molar-refractivity contribution in [2.24, 2.45) is 0 Å². The normalized spacial score (nSPS) is 23.7. The molecule has 1 atom stereocenters. The van der Waals surface area contributed by atoms with Crippen molar-refractivity contribution in [3.8, 4) is 0 Å². The van der Waals surface area contributed by atoms with Crippen LogP contribution in [0.1, 0.15) is 6.42 Å². The third-order valence-corrected chi connectivity index (χ3v) is 1.92. The fourth-order valence-corrected chi connectivity index (χ4v) is 1.23. The van der Waals surface area contributed by atoms with E-state index in [4.69, 9.17) is 5.11 Å². The summed E-state index contributed by atoms with van der Waals surface area (Å²) in [6.45, 7) is -1.64. The van der Waals surface area contributed by atoms with E-state index in [2.05, 4.69) is 0 Å². The van der Waals surface area contributed by atoms with Crippen molar-refractivity contribution in [3.05, 3.63) is 0 Å². The molecule has 1 saturated heterocycles. The first-order chi connectivity index (χ1) is 6.33. The summed E-state index contributed by atoms with van der Waals surface area (Å²) in [5, 5.41) is 8.91. The van der Waals surface area contributed by atoms with Crippen LogP contribution in [0.15, 0.2) is 0 Å². The highest BCUT2D eigenvalue weighted by Gasteiger charge is 2.45. The number of halogens is 4. The number of likely N-dealkylation sites (tertiary alicyclic amines) is 1. The lowest BCUT2D eigenvalue weighted by Crippen LogP contribution is -2.42. The van der Waals surface area contributed by atoms with Crippen molar-refractivity contribution >= 4 is 5.91 Å². The summed E-state index contributed by atoms with van der Waals surface area (Å²) in [6, 6.07) is 0. The van der Waals surface area contributed by atoms with E-state index in [1.54, 1.807) is 0 Å². The quantitative estimate of drug-likeness (QED) is 0.695. The van der Waals surface area contributed by atoms with Crippen LogP contribution in [0.2, 0.25) is 0 Å². The number of carbonyl (C=O) groups excluding carboxylic acids is 1. The molecule has 1 rings (SSSR count). The second-order valence-corrected chi connectivity index (χ2v) is 3.19. The molecule has 0 aliphatic carbocycles. The van der Waals surface area contributed by atoms with Crippen molar-refractivity contribution < 1.29 is 27.5 Å². The Morgan fingerprint density at radius 1 is 1.57 bits per heavy atom. The second-order valence-electron chi connectivity index (χ2n) is 3.19. The number of β-amino-alcohol motifs (C(OH)–C–C–N with tert-alkyl or cyclic N) is 1. The smallest absolute Gasteiger partial charge is 0.324 e. The van der Waals surface area contributed by atoms with Gasteiger partial charge in [-0.15, -0.1) is 0 Å². The van der Waals surface area contributed by atoms with E-state index in [9.17, 15) is 22.4 Å². The Kier molecular flexibility index (Phi) is 2.98. The van der Waals surface area contributed by atoms with Crippen molar-refractivity contribution in [3.63, 3.8) is 0 Å². The molecule has 0 radical (unpaired) electrons. The lowest BCUT2D eigenvalue weighted by molar-refractivity contribution is -0.153. The summed E-state index contributed by atoms with van der Waals surface area (Å²) in [7, 11) is 0. The van der Waals surface area contributed by atoms with Crippen LogP contribution in [0.3, 0.4) is 0 Å². The molecule has 0 saturated carbocycles. The molecule has 0 spiro atoms. The van der Waals surface area contributed by atoms with Crippen LogP contribution in [-0.2, 0) is 4.79 Å². The Morgan fingerprint density at radius 2 is 2.14 bits per heavy atom. The molecule has 1 unspecified atom stereocenters. The standard InChI is InChI=1S/C7H9F4NO2/c8-6(9)7(10,11)3-12-2-4(13)1-5(12)14/h4,6,13H,1-3H2. The van der Waals surface area contributed by atoms with Crippen LogP contribution in [0.4, 0.5) is 17.6 Å². The highest BCUT2D eigenvalue weighted by Crippen LogP contribution is 2.26. The highest BCUT2D eigenvalue weighted by molar-refractivity contribution is 5.79. The molecule has 82 valence electrons. The monoisotopic (exact) mass is 215 g/mol. The summed E-state index contributed by atoms with van der Waals surface area (Å²) in [6.07, 6.45) is -5.11. The van der Waals surface area contributed by atoms with Gasteiger partial charge in [-0.05, 0) is 0 Å². The van der Waals surface area contributed by atoms with Gasteiger partial charge in [0.1, 0.15) is 0 Å². The Morgan fingerprint density at radius 3 is 2.50 bits per heavy atom. The van der Waals surface area contributed by atoms with Crippen LogP contribution < -0.4 is 0 Å². The maximum Gasteiger partial charge on any atom is 0.324 e. The van der Waals surface area contributed by atoms with Crippen molar-refractivity contribution in [1.29, 1.82) is 0 Å². The number of hydrogen-bond acceptors (Lipinski definition) is 2. The number of carbonyl (C=O) groups is 1. The van der Waals surface area contributed by atoms with Gasteiger partial charge in [-0.25, -0.2) is 8.78 Å². The lowest BCUT2D eigenvalue weighted by Gasteiger charge is -2.22. The Bertz CT molecular complexity index is 234. The van der Waals surface area contributed by atoms with Crippen LogP contribution in [0, 0.1) is 0 Å². The SMILES string of the molecule is O=C1CC(O)CN1CC(F)(F)C(F)F. The topological polar surface area (TPSA) is 40.5 Å². The first-order valence-electron chi connectivity index (χ1n) is 3.95. The van der Waals surface area contributed by atoms with Gasteiger partial charge in [0.15, 0.2) is 0 Å². The summed E-state index contributed by atoms with van der Waals surface area (Å²) in [5.41, 5.74) is 0. The Labute approximate surface area is 77.3 Å². The molecule has 0 aromatic heterocycles. The molecule has 7 heteroatoms. The van der Waals surface area contributed by atoms with E-state index in [-0.39, 0.29) is 13.0 Å². The first kappa shape index (κ1) is 11.2. The summed E-state index contributed by atoms with van der Waals surface area (Å²) in [4.78, 5) is 11.4. The van der Waals surface area contributed by atoms with Crippen molar-refractivity contribution in [2.75, 3.05) is 13.1 Å². The van der Waals surface area contributed by atoms with Crippen molar-refractivity contribution in [2.45, 2.75) is 24.9 Å². The van der Waals surface area contributed by atoms with Crippen LogP contribution in [0.25, 0.3) is 0 Å². The molecule has 1 heterocycles. The van der Waals surface area contributed by atoms with Gasteiger partial charge in [-0.1, -0.05) is 0 Å². The van der Waals surface area contributed by atoms with E-state index in [0.717, 1.165) is 0 Å². The lowest BCUT2D eigenvalue weighted by atomic mass is 10.3. The Balaban J connectivity index is 2.56. The molecule has 1 N–H and O–H groups in total. The van der Waals surface area contributed by atoms with E-state index >= 15 is 0 Å². The van der Waals surface area contributed by atoms with Gasteiger partial charge in [0.25, 0.3) is 0 Å². The van der Waals surface area contributed by atoms with Gasteiger partial charge in [-0.3, -0.25) is 4.79 Å². The molecule has 3 nitrogen and oxygen atoms in total. The fraction of sp³-hybridized carbons (Fsp3) is 0.857. The summed E-state index contributed by atoms with van der Waals surface area (Å²) >= 11 is 0. The van der Waals surface area contributed by atoms with E-state index in [0.29, 0.717) is 4.90 Å². The molecular weight excluding hydrogens is 206 g/mol. The largest absolute Gasteiger partial charge is 0.391 e. The first-order valence-corrected chi connectivity index (χ1v) is 3.95. The van der Waals surface area contributed by atoms with Gasteiger partial charge >= 0.3 is 12.3 Å². The minimum absolute atomic E-state index is 0.278. The van der Waals surface area contributed by atoms with Gasteiger partial charge in [0, 0.05) is 6.54 Å². The van der Waals surface area contributed by atoms with Gasteiger partial charge in [0.05, 0.1) is 19.1 Å². The van der Waals surface area contributed by atoms with Crippen molar-refractivity contribution in [1.82, 2.24) is 4.90 Å². The predicted molar refractivity (Wildman–Crippen MR) is 38.2 cm³/mol. The number of nitrogens with zero attached hydrogens (tertiary/aromatic N) is 1. The average molecular weight is 215 g/mol. The number of alkyl halides is 4. The van der Waals surface area contributed by atoms with Gasteiger partial charge < -0.3 is 10.0 Å². The molecule has 1 aliphatic heterocycles. The zero-order chi connectivity index (χ0) is 10.9. The minimum atomic E-state index is -4.21. The maximum atomic E-state index is 12.5. The zero-order valence-electron chi connectivity index (χ0n) is 7.09. The molecule has 0 aromatic carbocycles. The number of hydrogen-bond donors (Lipinski definition) is 1. The second kappa shape index (κ2) is 3.72. The summed E-state index contributed by atoms with van der Waals surface area (Å²) < 4.78 is 48.4. The van der Waals surface area contributed by atoms with Gasteiger partial charge in [-0.2, -0.15) is 8.78 Å². The molecule has 0 aromatic rings. The number of aliphatic hydroxyl groups is 1. The highest BCUT2D eigenvalue weighted by atomic mass is 19.3. The maximum absolute atomic E-state index is 12.5. The predicted octanol–water partition coefficient (Wildman–Crippen LogP) is 0.480. The molecule has 14 heavy (non-hydrogen) atoms. The third kappa shape index (κ3) is 2.34. The number of aliphatic hydroxyl groups excluding tert-OH is 1. The van der Waals surface area contributed by atoms with E-state index in [1.165, 1.54) is 0 Å². The van der Waals surface area contributed by atoms with Crippen LogP contribution >= 0.6 is 0 Å². The van der Waals surface area contributed by atoms with Crippen LogP contribution in [0.5, 0.6) is 0 Å². The minimum Gasteiger partial charge on any atom is -0.391 e. The summed E-state index contributed by atoms with van der Waals surface area (Å²) in [5.74, 6) is -4.93. The fourth-order valence-electron chi connectivity index (χ4n) is 1.23. The number of rotatable bonds is 3.